The Bertz CT molecular complexity index is 988. The summed E-state index contributed by atoms with van der Waals surface area (Å²) < 4.78 is 0. The van der Waals surface area contributed by atoms with Gasteiger partial charge in [0.25, 0.3) is 0 Å². The molecule has 0 spiro atoms. The van der Waals surface area contributed by atoms with Crippen LogP contribution in [0.4, 0.5) is 0 Å². The second-order valence-corrected chi connectivity index (χ2v) is 10.7. The van der Waals surface area contributed by atoms with Crippen LogP contribution in [-0.2, 0) is 26.2 Å². The Morgan fingerprint density at radius 2 is 1.15 bits per heavy atom. The van der Waals surface area contributed by atoms with Crippen LogP contribution in [-0.4, -0.2) is 105 Å². The summed E-state index contributed by atoms with van der Waals surface area (Å²) in [5, 5.41) is 68.6. The summed E-state index contributed by atoms with van der Waals surface area (Å²) in [5.74, 6) is 0.398. The van der Waals surface area contributed by atoms with Gasteiger partial charge in [0.15, 0.2) is 0 Å². The topological polar surface area (TPSA) is 164 Å². The fraction of sp³-hybridized carbons (Fsp3) is 0.586. The van der Waals surface area contributed by atoms with E-state index >= 15 is 0 Å². The van der Waals surface area contributed by atoms with Crippen LogP contribution in [0.5, 0.6) is 11.5 Å². The molecule has 1 aliphatic heterocycles. The first-order valence-corrected chi connectivity index (χ1v) is 14.0. The second-order valence-electron chi connectivity index (χ2n) is 10.7. The molecule has 224 valence electrons. The monoisotopic (exact) mass is 561 g/mol. The summed E-state index contributed by atoms with van der Waals surface area (Å²) >= 11 is 0. The van der Waals surface area contributed by atoms with Crippen molar-refractivity contribution in [2.75, 3.05) is 52.5 Å². The number of aliphatic hydroxyl groups excluding tert-OH is 4. The average Bonchev–Trinajstić information content (AvgIpc) is 2.94. The zero-order valence-electron chi connectivity index (χ0n) is 23.7. The summed E-state index contributed by atoms with van der Waals surface area (Å²) in [6.45, 7) is 9.76. The first-order chi connectivity index (χ1) is 19.2. The van der Waals surface area contributed by atoms with Gasteiger partial charge in [-0.1, -0.05) is 35.4 Å². The minimum atomic E-state index is -1.05. The van der Waals surface area contributed by atoms with E-state index in [9.17, 15) is 20.4 Å². The first-order valence-electron chi connectivity index (χ1n) is 14.0. The standard InChI is InChI=1S/C29H47N5O6/c1-20-10-22(14-31-26(37)18-35)28(39)24(12-20)16-33-6-3-4-30-5-7-34(9-8-33)17-25-13-21(2)11-23(29(25)40)15-32-27(38)19-36/h10-13,26-27,30-32,35-40H,3-9,14-19H2,1-2H3. The van der Waals surface area contributed by atoms with Gasteiger partial charge in [-0.15, -0.1) is 0 Å². The molecular formula is C29H47N5O6. The highest BCUT2D eigenvalue weighted by molar-refractivity contribution is 5.44. The van der Waals surface area contributed by atoms with Gasteiger partial charge in [0.05, 0.1) is 13.2 Å². The molecule has 0 aromatic heterocycles. The second kappa shape index (κ2) is 16.2. The number of benzene rings is 2. The normalized spacial score (nSPS) is 17.6. The Hall–Kier alpha value is -2.32. The van der Waals surface area contributed by atoms with Crippen LogP contribution in [0.15, 0.2) is 24.3 Å². The highest BCUT2D eigenvalue weighted by Gasteiger charge is 2.18. The molecule has 0 saturated carbocycles. The lowest BCUT2D eigenvalue weighted by Gasteiger charge is -2.30. The first kappa shape index (κ1) is 32.2. The third kappa shape index (κ3) is 9.95. The van der Waals surface area contributed by atoms with Crippen molar-refractivity contribution in [2.45, 2.75) is 58.9 Å². The van der Waals surface area contributed by atoms with Gasteiger partial charge in [-0.2, -0.15) is 0 Å². The van der Waals surface area contributed by atoms with E-state index in [1.54, 1.807) is 0 Å². The molecule has 2 aromatic rings. The van der Waals surface area contributed by atoms with E-state index in [-0.39, 0.29) is 24.6 Å². The molecule has 0 aliphatic carbocycles. The number of phenols is 2. The van der Waals surface area contributed by atoms with Crippen molar-refractivity contribution in [2.24, 2.45) is 0 Å². The molecule has 0 amide bonds. The molecule has 2 aromatic carbocycles. The molecular weight excluding hydrogens is 514 g/mol. The Kier molecular flexibility index (Phi) is 13.0. The summed E-state index contributed by atoms with van der Waals surface area (Å²) in [6, 6.07) is 7.74. The van der Waals surface area contributed by atoms with E-state index in [1.807, 2.05) is 38.1 Å². The highest BCUT2D eigenvalue weighted by atomic mass is 16.3. The van der Waals surface area contributed by atoms with E-state index in [1.165, 1.54) is 0 Å². The zero-order valence-corrected chi connectivity index (χ0v) is 23.7. The van der Waals surface area contributed by atoms with Gasteiger partial charge >= 0.3 is 0 Å². The van der Waals surface area contributed by atoms with Crippen molar-refractivity contribution in [1.29, 1.82) is 0 Å². The average molecular weight is 562 g/mol. The molecule has 40 heavy (non-hydrogen) atoms. The molecule has 9 N–H and O–H groups in total. The molecule has 2 atom stereocenters. The van der Waals surface area contributed by atoms with E-state index in [2.05, 4.69) is 25.8 Å². The number of rotatable bonds is 12. The van der Waals surface area contributed by atoms with Crippen molar-refractivity contribution in [3.63, 3.8) is 0 Å². The van der Waals surface area contributed by atoms with Crippen LogP contribution in [0.25, 0.3) is 0 Å². The summed E-state index contributed by atoms with van der Waals surface area (Å²) in [7, 11) is 0. The highest BCUT2D eigenvalue weighted by Crippen LogP contribution is 2.28. The molecule has 2 unspecified atom stereocenters. The maximum Gasteiger partial charge on any atom is 0.128 e. The van der Waals surface area contributed by atoms with Crippen LogP contribution < -0.4 is 16.0 Å². The van der Waals surface area contributed by atoms with Gasteiger partial charge in [-0.25, -0.2) is 0 Å². The van der Waals surface area contributed by atoms with Gasteiger partial charge in [0.1, 0.15) is 24.0 Å². The summed E-state index contributed by atoms with van der Waals surface area (Å²) in [4.78, 5) is 4.64. The number of aromatic hydroxyl groups is 2. The molecule has 1 fully saturated rings. The minimum absolute atomic E-state index is 0.197. The summed E-state index contributed by atoms with van der Waals surface area (Å²) in [5.41, 5.74) is 5.02. The van der Waals surface area contributed by atoms with Gasteiger partial charge in [-0.05, 0) is 33.4 Å². The lowest BCUT2D eigenvalue weighted by molar-refractivity contribution is 0.0663. The smallest absolute Gasteiger partial charge is 0.128 e. The van der Waals surface area contributed by atoms with Gasteiger partial charge in [-0.3, -0.25) is 20.4 Å². The number of aliphatic hydroxyl groups is 4. The van der Waals surface area contributed by atoms with Gasteiger partial charge in [0, 0.05) is 74.6 Å². The number of hydrogen-bond acceptors (Lipinski definition) is 11. The Morgan fingerprint density at radius 3 is 1.62 bits per heavy atom. The lowest BCUT2D eigenvalue weighted by Crippen LogP contribution is -2.41. The van der Waals surface area contributed by atoms with E-state index in [0.29, 0.717) is 24.2 Å². The van der Waals surface area contributed by atoms with Crippen molar-refractivity contribution in [3.05, 3.63) is 57.6 Å². The molecule has 11 nitrogen and oxygen atoms in total. The van der Waals surface area contributed by atoms with Crippen LogP contribution >= 0.6 is 0 Å². The lowest BCUT2D eigenvalue weighted by atomic mass is 10.0. The quantitative estimate of drug-likeness (QED) is 0.158. The van der Waals surface area contributed by atoms with E-state index in [4.69, 9.17) is 10.2 Å². The molecule has 0 bridgehead atoms. The maximum atomic E-state index is 11.0. The Balaban J connectivity index is 1.71. The predicted octanol–water partition coefficient (Wildman–Crippen LogP) is -0.187. The third-order valence-electron chi connectivity index (χ3n) is 7.18. The zero-order chi connectivity index (χ0) is 29.1. The van der Waals surface area contributed by atoms with Crippen LogP contribution in [0.1, 0.15) is 39.8 Å². The van der Waals surface area contributed by atoms with Crippen molar-refractivity contribution >= 4 is 0 Å². The molecule has 1 heterocycles. The largest absolute Gasteiger partial charge is 0.507 e. The SMILES string of the molecule is Cc1cc(CNC(O)CO)c(O)c(CN2CCCNCCN(Cc3cc(C)cc(CNC(O)CO)c3O)CC2)c1. The number of aryl methyl sites for hydroxylation is 2. The maximum absolute atomic E-state index is 11.0. The van der Waals surface area contributed by atoms with Crippen molar-refractivity contribution < 1.29 is 30.6 Å². The summed E-state index contributed by atoms with van der Waals surface area (Å²) in [6.07, 6.45) is -1.11. The molecule has 0 radical (unpaired) electrons. The van der Waals surface area contributed by atoms with Crippen LogP contribution in [0.2, 0.25) is 0 Å². The number of nitrogens with one attached hydrogen (secondary N) is 3. The van der Waals surface area contributed by atoms with Gasteiger partial charge < -0.3 is 36.0 Å². The van der Waals surface area contributed by atoms with Crippen molar-refractivity contribution in [3.8, 4) is 11.5 Å². The van der Waals surface area contributed by atoms with Crippen LogP contribution in [0.3, 0.4) is 0 Å². The van der Waals surface area contributed by atoms with Gasteiger partial charge in [0.2, 0.25) is 0 Å². The third-order valence-corrected chi connectivity index (χ3v) is 7.18. The Morgan fingerprint density at radius 1 is 0.700 bits per heavy atom. The van der Waals surface area contributed by atoms with E-state index < -0.39 is 25.7 Å². The van der Waals surface area contributed by atoms with E-state index in [0.717, 1.165) is 67.9 Å². The molecule has 3 rings (SSSR count). The number of hydrogen-bond donors (Lipinski definition) is 9. The number of phenolic OH excluding ortho intramolecular Hbond substituents is 2. The predicted molar refractivity (Wildman–Crippen MR) is 154 cm³/mol. The van der Waals surface area contributed by atoms with Crippen LogP contribution in [0, 0.1) is 13.8 Å². The fourth-order valence-corrected chi connectivity index (χ4v) is 5.06. The fourth-order valence-electron chi connectivity index (χ4n) is 5.06. The molecule has 1 saturated heterocycles. The molecule has 11 heteroatoms. The molecule has 1 aliphatic rings. The number of nitrogens with zero attached hydrogens (tertiary/aromatic N) is 2. The Labute approximate surface area is 237 Å². The van der Waals surface area contributed by atoms with Crippen molar-refractivity contribution in [1.82, 2.24) is 25.8 Å². The minimum Gasteiger partial charge on any atom is -0.507 e.